The topological polar surface area (TPSA) is 145 Å². The van der Waals surface area contributed by atoms with Gasteiger partial charge in [-0.1, -0.05) is 0 Å². The van der Waals surface area contributed by atoms with Gasteiger partial charge in [0, 0.05) is 11.5 Å². The fourth-order valence-corrected chi connectivity index (χ4v) is 3.13. The fraction of sp³-hybridized carbons (Fsp3) is 0.556. The zero-order valence-electron chi connectivity index (χ0n) is 17.1. The molecule has 0 spiro atoms. The quantitative estimate of drug-likeness (QED) is 0.234. The molecule has 0 saturated carbocycles. The average molecular weight is 476 g/mol. The van der Waals surface area contributed by atoms with Crippen molar-refractivity contribution >= 4 is 49.0 Å². The highest BCUT2D eigenvalue weighted by Crippen LogP contribution is 2.37. The van der Waals surface area contributed by atoms with Gasteiger partial charge < -0.3 is 34.6 Å². The van der Waals surface area contributed by atoms with Crippen LogP contribution >= 0.6 is 25.3 Å². The molecule has 0 radical (unpaired) electrons. The first-order valence-corrected chi connectivity index (χ1v) is 10.8. The highest BCUT2D eigenvalue weighted by molar-refractivity contribution is 7.80. The standard InChI is InChI=1S/C18H25N3O8S2/c1-3-26-17(24)9(7-30)19-15(22)11-13-14(29-6-5-28-13)12(21-11)16(23)20-10(8-31)18(25)27-4-2/h9-10,21,30-31H,3-8H2,1-2H3,(H,19,22)(H,20,23). The summed E-state index contributed by atoms with van der Waals surface area (Å²) in [6.07, 6.45) is 0. The third-order valence-electron chi connectivity index (χ3n) is 4.06. The smallest absolute Gasteiger partial charge is 0.329 e. The molecule has 2 heterocycles. The van der Waals surface area contributed by atoms with Gasteiger partial charge in [-0.05, 0) is 13.8 Å². The van der Waals surface area contributed by atoms with E-state index in [-0.39, 0.29) is 60.8 Å². The molecule has 2 atom stereocenters. The number of esters is 2. The Hall–Kier alpha value is -2.54. The maximum atomic E-state index is 12.8. The van der Waals surface area contributed by atoms with Gasteiger partial charge in [0.25, 0.3) is 11.8 Å². The molecule has 172 valence electrons. The number of ether oxygens (including phenoxy) is 4. The molecule has 1 aromatic heterocycles. The first-order valence-electron chi connectivity index (χ1n) is 9.56. The predicted molar refractivity (Wildman–Crippen MR) is 115 cm³/mol. The number of thiol groups is 2. The van der Waals surface area contributed by atoms with Crippen molar-refractivity contribution in [2.45, 2.75) is 25.9 Å². The summed E-state index contributed by atoms with van der Waals surface area (Å²) in [7, 11) is 0. The van der Waals surface area contributed by atoms with E-state index in [2.05, 4.69) is 40.9 Å². The number of aromatic nitrogens is 1. The van der Waals surface area contributed by atoms with E-state index in [4.69, 9.17) is 18.9 Å². The van der Waals surface area contributed by atoms with Crippen LogP contribution in [0.1, 0.15) is 34.8 Å². The Morgan fingerprint density at radius 1 is 0.871 bits per heavy atom. The van der Waals surface area contributed by atoms with Gasteiger partial charge in [0.05, 0.1) is 13.2 Å². The molecule has 11 nitrogen and oxygen atoms in total. The van der Waals surface area contributed by atoms with E-state index in [0.29, 0.717) is 0 Å². The fourth-order valence-electron chi connectivity index (χ4n) is 2.65. The van der Waals surface area contributed by atoms with Gasteiger partial charge in [-0.2, -0.15) is 25.3 Å². The summed E-state index contributed by atoms with van der Waals surface area (Å²) >= 11 is 8.12. The molecular weight excluding hydrogens is 450 g/mol. The van der Waals surface area contributed by atoms with E-state index in [1.807, 2.05) is 0 Å². The van der Waals surface area contributed by atoms with Crippen molar-refractivity contribution in [1.82, 2.24) is 15.6 Å². The van der Waals surface area contributed by atoms with Gasteiger partial charge >= 0.3 is 11.9 Å². The highest BCUT2D eigenvalue weighted by Gasteiger charge is 2.33. The van der Waals surface area contributed by atoms with E-state index >= 15 is 0 Å². The Balaban J connectivity index is 2.27. The molecule has 1 aromatic rings. The lowest BCUT2D eigenvalue weighted by Crippen LogP contribution is -2.44. The Morgan fingerprint density at radius 3 is 1.58 bits per heavy atom. The molecule has 13 heteroatoms. The van der Waals surface area contributed by atoms with Crippen LogP contribution in [0.25, 0.3) is 0 Å². The third kappa shape index (κ3) is 6.00. The summed E-state index contributed by atoms with van der Waals surface area (Å²) in [6.45, 7) is 3.88. The predicted octanol–water partition coefficient (Wildman–Crippen LogP) is -0.0315. The largest absolute Gasteiger partial charge is 0.484 e. The SMILES string of the molecule is CCOC(=O)C(CS)NC(=O)c1[nH]c(C(=O)NC(CS)C(=O)OCC)c2c1OCCO2. The average Bonchev–Trinajstić information content (AvgIpc) is 3.15. The van der Waals surface area contributed by atoms with Gasteiger partial charge in [0.15, 0.2) is 22.9 Å². The molecule has 1 aliphatic heterocycles. The minimum atomic E-state index is -1.01. The van der Waals surface area contributed by atoms with Crippen LogP contribution in [0.5, 0.6) is 11.5 Å². The van der Waals surface area contributed by atoms with Gasteiger partial charge in [0.2, 0.25) is 0 Å². The molecule has 0 fully saturated rings. The number of H-pyrrole nitrogens is 1. The summed E-state index contributed by atoms with van der Waals surface area (Å²) in [5.41, 5.74) is -0.232. The molecule has 0 aromatic carbocycles. The third-order valence-corrected chi connectivity index (χ3v) is 4.79. The second-order valence-electron chi connectivity index (χ2n) is 6.15. The first-order chi connectivity index (χ1) is 14.9. The summed E-state index contributed by atoms with van der Waals surface area (Å²) in [4.78, 5) is 52.1. The maximum Gasteiger partial charge on any atom is 0.329 e. The number of amides is 2. The Labute approximate surface area is 189 Å². The minimum Gasteiger partial charge on any atom is -0.484 e. The van der Waals surface area contributed by atoms with Crippen molar-refractivity contribution in [2.24, 2.45) is 0 Å². The normalized spacial score (nSPS) is 14.2. The van der Waals surface area contributed by atoms with Gasteiger partial charge in [-0.3, -0.25) is 9.59 Å². The molecule has 0 bridgehead atoms. The zero-order valence-corrected chi connectivity index (χ0v) is 18.8. The number of hydrogen-bond acceptors (Lipinski definition) is 10. The number of hydrogen-bond donors (Lipinski definition) is 5. The lowest BCUT2D eigenvalue weighted by atomic mass is 10.2. The van der Waals surface area contributed by atoms with Crippen LogP contribution in [0.2, 0.25) is 0 Å². The van der Waals surface area contributed by atoms with Crippen LogP contribution in [0.4, 0.5) is 0 Å². The molecule has 2 amide bonds. The lowest BCUT2D eigenvalue weighted by molar-refractivity contribution is -0.145. The summed E-state index contributed by atoms with van der Waals surface area (Å²) in [5.74, 6) is -2.68. The van der Waals surface area contributed by atoms with Crippen LogP contribution in [0.15, 0.2) is 0 Å². The Morgan fingerprint density at radius 2 is 1.26 bits per heavy atom. The minimum absolute atomic E-state index is 0.00133. The number of aromatic amines is 1. The van der Waals surface area contributed by atoms with E-state index in [1.165, 1.54) is 0 Å². The van der Waals surface area contributed by atoms with Crippen molar-refractivity contribution in [2.75, 3.05) is 37.9 Å². The van der Waals surface area contributed by atoms with Gasteiger partial charge in [0.1, 0.15) is 25.3 Å². The molecule has 2 rings (SSSR count). The van der Waals surface area contributed by atoms with Crippen molar-refractivity contribution < 1.29 is 38.1 Å². The summed E-state index contributed by atoms with van der Waals surface area (Å²) in [5, 5.41) is 4.96. The van der Waals surface area contributed by atoms with Crippen LogP contribution in [0, 0.1) is 0 Å². The van der Waals surface area contributed by atoms with Crippen LogP contribution in [0.3, 0.4) is 0 Å². The van der Waals surface area contributed by atoms with Crippen LogP contribution < -0.4 is 20.1 Å². The molecular formula is C18H25N3O8S2. The van der Waals surface area contributed by atoms with Crippen molar-refractivity contribution in [3.05, 3.63) is 11.4 Å². The highest BCUT2D eigenvalue weighted by atomic mass is 32.1. The van der Waals surface area contributed by atoms with E-state index in [0.717, 1.165) is 0 Å². The Bertz CT molecular complexity index is 764. The maximum absolute atomic E-state index is 12.8. The number of nitrogens with one attached hydrogen (secondary N) is 3. The van der Waals surface area contributed by atoms with Crippen LogP contribution in [-0.2, 0) is 19.1 Å². The monoisotopic (exact) mass is 475 g/mol. The molecule has 31 heavy (non-hydrogen) atoms. The molecule has 0 saturated heterocycles. The number of carbonyl (C=O) groups excluding carboxylic acids is 4. The Kier molecular flexibility index (Phi) is 9.37. The zero-order chi connectivity index (χ0) is 23.0. The molecule has 0 aliphatic carbocycles. The molecule has 3 N–H and O–H groups in total. The first kappa shape index (κ1) is 24.7. The molecule has 2 unspecified atom stereocenters. The second-order valence-corrected chi connectivity index (χ2v) is 6.88. The van der Waals surface area contributed by atoms with Crippen LogP contribution in [-0.4, -0.2) is 78.8 Å². The van der Waals surface area contributed by atoms with Crippen molar-refractivity contribution in [3.63, 3.8) is 0 Å². The summed E-state index contributed by atoms with van der Waals surface area (Å²) in [6, 6.07) is -2.01. The van der Waals surface area contributed by atoms with Crippen molar-refractivity contribution in [1.29, 1.82) is 0 Å². The van der Waals surface area contributed by atoms with Crippen molar-refractivity contribution in [3.8, 4) is 11.5 Å². The van der Waals surface area contributed by atoms with Gasteiger partial charge in [-0.25, -0.2) is 9.59 Å². The van der Waals surface area contributed by atoms with E-state index < -0.39 is 35.8 Å². The lowest BCUT2D eigenvalue weighted by Gasteiger charge is -2.18. The number of rotatable bonds is 10. The molecule has 1 aliphatic rings. The van der Waals surface area contributed by atoms with Gasteiger partial charge in [-0.15, -0.1) is 0 Å². The number of fused-ring (bicyclic) bond motifs is 1. The van der Waals surface area contributed by atoms with E-state index in [9.17, 15) is 19.2 Å². The van der Waals surface area contributed by atoms with E-state index in [1.54, 1.807) is 13.8 Å². The number of carbonyl (C=O) groups is 4. The second kappa shape index (κ2) is 11.7. The summed E-state index contributed by atoms with van der Waals surface area (Å²) < 4.78 is 20.8.